The standard InChI is InChI=1S/C21H28N6O4S/c1-16-15-18(23-17(2)28)3-4-19(16)32(29,30)27-9-7-25(8-10-27)20-5-6-22-21(24-20)26-11-13-31-14-12-26/h3-6,15H,7-14H2,1-2H3,(H,23,28). The van der Waals surface area contributed by atoms with Gasteiger partial charge in [0.15, 0.2) is 0 Å². The van der Waals surface area contributed by atoms with Crippen LogP contribution in [0.5, 0.6) is 0 Å². The summed E-state index contributed by atoms with van der Waals surface area (Å²) in [5.41, 5.74) is 1.18. The number of aromatic nitrogens is 2. The highest BCUT2D eigenvalue weighted by molar-refractivity contribution is 7.89. The molecule has 0 bridgehead atoms. The Bertz CT molecular complexity index is 1080. The molecule has 2 saturated heterocycles. The fourth-order valence-electron chi connectivity index (χ4n) is 3.95. The van der Waals surface area contributed by atoms with Crippen LogP contribution in [-0.2, 0) is 19.6 Å². The predicted molar refractivity (Wildman–Crippen MR) is 122 cm³/mol. The van der Waals surface area contributed by atoms with Gasteiger partial charge in [0.1, 0.15) is 5.82 Å². The Morgan fingerprint density at radius 1 is 1.03 bits per heavy atom. The molecule has 10 nitrogen and oxygen atoms in total. The molecule has 32 heavy (non-hydrogen) atoms. The summed E-state index contributed by atoms with van der Waals surface area (Å²) in [7, 11) is -3.63. The maximum atomic E-state index is 13.2. The highest BCUT2D eigenvalue weighted by atomic mass is 32.2. The molecule has 0 unspecified atom stereocenters. The van der Waals surface area contributed by atoms with Crippen LogP contribution in [0.15, 0.2) is 35.4 Å². The molecule has 0 aliphatic carbocycles. The predicted octanol–water partition coefficient (Wildman–Crippen LogP) is 1.09. The van der Waals surface area contributed by atoms with Gasteiger partial charge in [0.05, 0.1) is 18.1 Å². The van der Waals surface area contributed by atoms with E-state index in [0.29, 0.717) is 56.6 Å². The van der Waals surface area contributed by atoms with Gasteiger partial charge in [0, 0.05) is 58.1 Å². The number of ether oxygens (including phenoxy) is 1. The summed E-state index contributed by atoms with van der Waals surface area (Å²) in [4.78, 5) is 24.8. The van der Waals surface area contributed by atoms with Gasteiger partial charge in [-0.1, -0.05) is 0 Å². The number of nitrogens with zero attached hydrogens (tertiary/aromatic N) is 5. The number of rotatable bonds is 5. The zero-order chi connectivity index (χ0) is 22.7. The third kappa shape index (κ3) is 4.84. The van der Waals surface area contributed by atoms with E-state index in [1.807, 2.05) is 6.07 Å². The number of sulfonamides is 1. The highest BCUT2D eigenvalue weighted by Crippen LogP contribution is 2.25. The summed E-state index contributed by atoms with van der Waals surface area (Å²) in [6, 6.07) is 6.71. The minimum atomic E-state index is -3.63. The van der Waals surface area contributed by atoms with E-state index in [9.17, 15) is 13.2 Å². The maximum Gasteiger partial charge on any atom is 0.243 e. The molecule has 1 aromatic carbocycles. The first-order valence-electron chi connectivity index (χ1n) is 10.6. The number of aryl methyl sites for hydroxylation is 1. The lowest BCUT2D eigenvalue weighted by molar-refractivity contribution is -0.114. The van der Waals surface area contributed by atoms with Crippen LogP contribution in [0.25, 0.3) is 0 Å². The first-order chi connectivity index (χ1) is 15.3. The number of amides is 1. The number of hydrogen-bond donors (Lipinski definition) is 1. The number of nitrogens with one attached hydrogen (secondary N) is 1. The van der Waals surface area contributed by atoms with E-state index in [1.165, 1.54) is 11.2 Å². The van der Waals surface area contributed by atoms with Gasteiger partial charge < -0.3 is 19.9 Å². The van der Waals surface area contributed by atoms with Gasteiger partial charge in [-0.2, -0.15) is 9.29 Å². The number of hydrogen-bond acceptors (Lipinski definition) is 8. The molecule has 2 aliphatic rings. The van der Waals surface area contributed by atoms with E-state index in [2.05, 4.69) is 20.1 Å². The quantitative estimate of drug-likeness (QED) is 0.707. The van der Waals surface area contributed by atoms with Crippen molar-refractivity contribution in [2.45, 2.75) is 18.7 Å². The van der Waals surface area contributed by atoms with Crippen LogP contribution in [0.3, 0.4) is 0 Å². The summed E-state index contributed by atoms with van der Waals surface area (Å²) in [6.07, 6.45) is 1.75. The maximum absolute atomic E-state index is 13.2. The molecule has 2 fully saturated rings. The summed E-state index contributed by atoms with van der Waals surface area (Å²) in [5, 5.41) is 2.68. The van der Waals surface area contributed by atoms with E-state index in [-0.39, 0.29) is 10.8 Å². The summed E-state index contributed by atoms with van der Waals surface area (Å²) < 4.78 is 33.3. The van der Waals surface area contributed by atoms with Gasteiger partial charge in [-0.15, -0.1) is 0 Å². The molecule has 2 aromatic rings. The van der Waals surface area contributed by atoms with Crippen LogP contribution < -0.4 is 15.1 Å². The molecule has 0 saturated carbocycles. The van der Waals surface area contributed by atoms with E-state index in [0.717, 1.165) is 18.9 Å². The first-order valence-corrected chi connectivity index (χ1v) is 12.1. The molecule has 0 atom stereocenters. The van der Waals surface area contributed by atoms with Crippen LogP contribution >= 0.6 is 0 Å². The zero-order valence-electron chi connectivity index (χ0n) is 18.3. The van der Waals surface area contributed by atoms with Gasteiger partial charge in [0.2, 0.25) is 21.9 Å². The van der Waals surface area contributed by atoms with Gasteiger partial charge in [-0.3, -0.25) is 4.79 Å². The van der Waals surface area contributed by atoms with Crippen molar-refractivity contribution in [3.05, 3.63) is 36.0 Å². The van der Waals surface area contributed by atoms with Crippen molar-refractivity contribution >= 4 is 33.4 Å². The number of benzene rings is 1. The van der Waals surface area contributed by atoms with Crippen LogP contribution in [0.2, 0.25) is 0 Å². The average molecular weight is 461 g/mol. The monoisotopic (exact) mass is 460 g/mol. The molecular weight excluding hydrogens is 432 g/mol. The minimum absolute atomic E-state index is 0.197. The number of morpholine rings is 1. The summed E-state index contributed by atoms with van der Waals surface area (Å²) in [6.45, 7) is 7.82. The molecular formula is C21H28N6O4S. The Morgan fingerprint density at radius 3 is 2.41 bits per heavy atom. The second kappa shape index (κ2) is 9.39. The lowest BCUT2D eigenvalue weighted by Crippen LogP contribution is -2.49. The van der Waals surface area contributed by atoms with Gasteiger partial charge in [-0.25, -0.2) is 13.4 Å². The largest absolute Gasteiger partial charge is 0.378 e. The Morgan fingerprint density at radius 2 is 1.75 bits per heavy atom. The van der Waals surface area contributed by atoms with Gasteiger partial charge in [-0.05, 0) is 36.8 Å². The van der Waals surface area contributed by atoms with Crippen LogP contribution in [-0.4, -0.2) is 81.1 Å². The molecule has 0 radical (unpaired) electrons. The normalized spacial score (nSPS) is 17.9. The van der Waals surface area contributed by atoms with E-state index < -0.39 is 10.0 Å². The Labute approximate surface area is 188 Å². The molecule has 1 N–H and O–H groups in total. The lowest BCUT2D eigenvalue weighted by Gasteiger charge is -2.35. The van der Waals surface area contributed by atoms with Crippen molar-refractivity contribution in [3.63, 3.8) is 0 Å². The third-order valence-corrected chi connectivity index (χ3v) is 7.66. The Hall–Kier alpha value is -2.76. The van der Waals surface area contributed by atoms with E-state index in [4.69, 9.17) is 9.72 Å². The number of anilines is 3. The minimum Gasteiger partial charge on any atom is -0.378 e. The molecule has 0 spiro atoms. The van der Waals surface area contributed by atoms with Crippen molar-refractivity contribution in [3.8, 4) is 0 Å². The van der Waals surface area contributed by atoms with Gasteiger partial charge >= 0.3 is 0 Å². The third-order valence-electron chi connectivity index (χ3n) is 5.60. The highest BCUT2D eigenvalue weighted by Gasteiger charge is 2.30. The van der Waals surface area contributed by atoms with Crippen LogP contribution in [0.1, 0.15) is 12.5 Å². The zero-order valence-corrected chi connectivity index (χ0v) is 19.1. The molecule has 2 aliphatic heterocycles. The summed E-state index contributed by atoms with van der Waals surface area (Å²) in [5.74, 6) is 1.28. The molecule has 1 amide bonds. The fourth-order valence-corrected chi connectivity index (χ4v) is 5.58. The first kappa shape index (κ1) is 22.4. The number of carbonyl (C=O) groups excluding carboxylic acids is 1. The van der Waals surface area contributed by atoms with Crippen molar-refractivity contribution in [1.29, 1.82) is 0 Å². The second-order valence-electron chi connectivity index (χ2n) is 7.87. The van der Waals surface area contributed by atoms with Crippen molar-refractivity contribution < 1.29 is 17.9 Å². The number of piperazine rings is 1. The molecule has 1 aromatic heterocycles. The van der Waals surface area contributed by atoms with Crippen LogP contribution in [0, 0.1) is 6.92 Å². The van der Waals surface area contributed by atoms with E-state index in [1.54, 1.807) is 31.3 Å². The smallest absolute Gasteiger partial charge is 0.243 e. The molecule has 3 heterocycles. The topological polar surface area (TPSA) is 108 Å². The Balaban J connectivity index is 1.44. The van der Waals surface area contributed by atoms with Gasteiger partial charge in [0.25, 0.3) is 0 Å². The molecule has 172 valence electrons. The SMILES string of the molecule is CC(=O)Nc1ccc(S(=O)(=O)N2CCN(c3ccnc(N4CCOCC4)n3)CC2)c(C)c1. The lowest BCUT2D eigenvalue weighted by atomic mass is 10.2. The average Bonchev–Trinajstić information content (AvgIpc) is 2.79. The van der Waals surface area contributed by atoms with E-state index >= 15 is 0 Å². The van der Waals surface area contributed by atoms with Crippen molar-refractivity contribution in [2.24, 2.45) is 0 Å². The van der Waals surface area contributed by atoms with Crippen molar-refractivity contribution in [1.82, 2.24) is 14.3 Å². The Kier molecular flexibility index (Phi) is 6.58. The molecule has 4 rings (SSSR count). The summed E-state index contributed by atoms with van der Waals surface area (Å²) >= 11 is 0. The van der Waals surface area contributed by atoms with Crippen LogP contribution in [0.4, 0.5) is 17.5 Å². The van der Waals surface area contributed by atoms with Crippen molar-refractivity contribution in [2.75, 3.05) is 67.6 Å². The second-order valence-corrected chi connectivity index (χ2v) is 9.77. The molecule has 11 heteroatoms. The fraction of sp³-hybridized carbons (Fsp3) is 0.476. The number of carbonyl (C=O) groups is 1.